The Morgan fingerprint density at radius 2 is 2.25 bits per heavy atom. The minimum Gasteiger partial charge on any atom is -0.353 e. The maximum Gasteiger partial charge on any atom is 0.0359 e. The van der Waals surface area contributed by atoms with E-state index >= 15 is 0 Å². The Labute approximate surface area is 104 Å². The van der Waals surface area contributed by atoms with E-state index in [0.717, 1.165) is 19.0 Å². The molecule has 0 spiro atoms. The Kier molecular flexibility index (Phi) is 6.65. The summed E-state index contributed by atoms with van der Waals surface area (Å²) in [6, 6.07) is 4.26. The summed E-state index contributed by atoms with van der Waals surface area (Å²) in [6.07, 6.45) is 3.36. The van der Waals surface area contributed by atoms with Gasteiger partial charge in [-0.05, 0) is 42.5 Å². The van der Waals surface area contributed by atoms with E-state index in [-0.39, 0.29) is 0 Å². The van der Waals surface area contributed by atoms with Crippen molar-refractivity contribution in [2.24, 2.45) is 13.0 Å². The molecule has 0 saturated heterocycles. The van der Waals surface area contributed by atoms with Crippen LogP contribution in [0.5, 0.6) is 0 Å². The summed E-state index contributed by atoms with van der Waals surface area (Å²) in [5, 5.41) is 3.48. The van der Waals surface area contributed by atoms with Gasteiger partial charge in [-0.15, -0.1) is 0 Å². The van der Waals surface area contributed by atoms with Gasteiger partial charge in [-0.3, -0.25) is 0 Å². The van der Waals surface area contributed by atoms with E-state index in [1.807, 2.05) is 0 Å². The van der Waals surface area contributed by atoms with Crippen molar-refractivity contribution < 1.29 is 0 Å². The number of thioether (sulfide) groups is 1. The first-order chi connectivity index (χ1) is 7.70. The Hall–Kier alpha value is -0.410. The molecule has 16 heavy (non-hydrogen) atoms. The fraction of sp³-hybridized carbons (Fsp3) is 0.692. The highest BCUT2D eigenvalue weighted by atomic mass is 32.2. The third-order valence-corrected chi connectivity index (χ3v) is 3.93. The minimum atomic E-state index is 0.821. The SMILES string of the molecule is CC(C)CSCCCNCc1cccn1C. The first-order valence-electron chi connectivity index (χ1n) is 6.09. The average Bonchev–Trinajstić information content (AvgIpc) is 2.62. The van der Waals surface area contributed by atoms with Gasteiger partial charge in [0, 0.05) is 25.5 Å². The van der Waals surface area contributed by atoms with E-state index in [2.05, 4.69) is 60.9 Å². The smallest absolute Gasteiger partial charge is 0.0359 e. The Morgan fingerprint density at radius 3 is 2.88 bits per heavy atom. The predicted octanol–water partition coefficient (Wildman–Crippen LogP) is 2.89. The van der Waals surface area contributed by atoms with Crippen molar-refractivity contribution in [2.75, 3.05) is 18.1 Å². The highest BCUT2D eigenvalue weighted by Crippen LogP contribution is 2.08. The number of hydrogen-bond acceptors (Lipinski definition) is 2. The zero-order valence-corrected chi connectivity index (χ0v) is 11.5. The second-order valence-electron chi connectivity index (χ2n) is 4.61. The van der Waals surface area contributed by atoms with Gasteiger partial charge >= 0.3 is 0 Å². The first-order valence-corrected chi connectivity index (χ1v) is 7.24. The summed E-state index contributed by atoms with van der Waals surface area (Å²) in [5.74, 6) is 3.39. The molecule has 0 aliphatic rings. The van der Waals surface area contributed by atoms with Crippen LogP contribution in [0.4, 0.5) is 0 Å². The van der Waals surface area contributed by atoms with E-state index < -0.39 is 0 Å². The summed E-state index contributed by atoms with van der Waals surface area (Å²) >= 11 is 2.07. The first kappa shape index (κ1) is 13.7. The quantitative estimate of drug-likeness (QED) is 0.704. The number of aromatic nitrogens is 1. The molecule has 1 N–H and O–H groups in total. The lowest BCUT2D eigenvalue weighted by molar-refractivity contribution is 0.646. The van der Waals surface area contributed by atoms with Crippen LogP contribution in [0, 0.1) is 5.92 Å². The number of hydrogen-bond donors (Lipinski definition) is 1. The van der Waals surface area contributed by atoms with Crippen LogP contribution in [-0.2, 0) is 13.6 Å². The molecule has 0 unspecified atom stereocenters. The van der Waals surface area contributed by atoms with Crippen molar-refractivity contribution in [1.82, 2.24) is 9.88 Å². The van der Waals surface area contributed by atoms with E-state index in [4.69, 9.17) is 0 Å². The molecular weight excluding hydrogens is 216 g/mol. The molecular formula is C13H24N2S. The van der Waals surface area contributed by atoms with Gasteiger partial charge in [0.15, 0.2) is 0 Å². The van der Waals surface area contributed by atoms with Gasteiger partial charge in [0.1, 0.15) is 0 Å². The van der Waals surface area contributed by atoms with Crippen molar-refractivity contribution in [3.8, 4) is 0 Å². The zero-order valence-electron chi connectivity index (χ0n) is 10.7. The molecule has 0 saturated carbocycles. The van der Waals surface area contributed by atoms with Crippen LogP contribution < -0.4 is 5.32 Å². The largest absolute Gasteiger partial charge is 0.353 e. The van der Waals surface area contributed by atoms with Gasteiger partial charge in [-0.25, -0.2) is 0 Å². The van der Waals surface area contributed by atoms with E-state index in [1.165, 1.54) is 23.6 Å². The van der Waals surface area contributed by atoms with Gasteiger partial charge in [0.05, 0.1) is 0 Å². The number of nitrogens with one attached hydrogen (secondary N) is 1. The summed E-state index contributed by atoms with van der Waals surface area (Å²) in [4.78, 5) is 0. The van der Waals surface area contributed by atoms with Crippen LogP contribution in [0.15, 0.2) is 18.3 Å². The Balaban J connectivity index is 1.94. The van der Waals surface area contributed by atoms with Gasteiger partial charge in [-0.2, -0.15) is 11.8 Å². The van der Waals surface area contributed by atoms with Crippen LogP contribution in [0.3, 0.4) is 0 Å². The topological polar surface area (TPSA) is 17.0 Å². The molecule has 0 radical (unpaired) electrons. The highest BCUT2D eigenvalue weighted by Gasteiger charge is 1.97. The molecule has 1 rings (SSSR count). The fourth-order valence-electron chi connectivity index (χ4n) is 1.51. The molecule has 0 fully saturated rings. The summed E-state index contributed by atoms with van der Waals surface area (Å²) in [5.41, 5.74) is 1.36. The van der Waals surface area contributed by atoms with Gasteiger partial charge in [0.25, 0.3) is 0 Å². The predicted molar refractivity (Wildman–Crippen MR) is 73.9 cm³/mol. The molecule has 0 amide bonds. The van der Waals surface area contributed by atoms with Crippen molar-refractivity contribution in [2.45, 2.75) is 26.8 Å². The van der Waals surface area contributed by atoms with E-state index in [0.29, 0.717) is 0 Å². The van der Waals surface area contributed by atoms with Crippen LogP contribution in [-0.4, -0.2) is 22.6 Å². The third-order valence-electron chi connectivity index (χ3n) is 2.45. The lowest BCUT2D eigenvalue weighted by atomic mass is 10.3. The van der Waals surface area contributed by atoms with E-state index in [9.17, 15) is 0 Å². The lowest BCUT2D eigenvalue weighted by Gasteiger charge is -2.07. The normalized spacial score (nSPS) is 11.2. The number of nitrogens with zero attached hydrogens (tertiary/aromatic N) is 1. The van der Waals surface area contributed by atoms with Crippen molar-refractivity contribution in [3.63, 3.8) is 0 Å². The second-order valence-corrected chi connectivity index (χ2v) is 5.76. The van der Waals surface area contributed by atoms with Crippen LogP contribution in [0.2, 0.25) is 0 Å². The molecule has 0 aliphatic heterocycles. The summed E-state index contributed by atoms with van der Waals surface area (Å²) in [6.45, 7) is 6.66. The molecule has 0 bridgehead atoms. The maximum absolute atomic E-state index is 3.48. The monoisotopic (exact) mass is 240 g/mol. The number of aryl methyl sites for hydroxylation is 1. The minimum absolute atomic E-state index is 0.821. The van der Waals surface area contributed by atoms with Gasteiger partial charge in [-0.1, -0.05) is 13.8 Å². The number of rotatable bonds is 8. The maximum atomic E-state index is 3.48. The molecule has 0 atom stereocenters. The Bertz CT molecular complexity index is 281. The standard InChI is InChI=1S/C13H24N2S/c1-12(2)11-16-9-5-7-14-10-13-6-4-8-15(13)3/h4,6,8,12,14H,5,7,9-11H2,1-3H3. The van der Waals surface area contributed by atoms with E-state index in [1.54, 1.807) is 0 Å². The Morgan fingerprint density at radius 1 is 1.44 bits per heavy atom. The molecule has 3 heteroatoms. The van der Waals surface area contributed by atoms with Crippen LogP contribution in [0.25, 0.3) is 0 Å². The molecule has 0 aliphatic carbocycles. The second kappa shape index (κ2) is 7.80. The molecule has 1 aromatic rings. The van der Waals surface area contributed by atoms with Crippen molar-refractivity contribution in [1.29, 1.82) is 0 Å². The molecule has 92 valence electrons. The lowest BCUT2D eigenvalue weighted by Crippen LogP contribution is -2.17. The van der Waals surface area contributed by atoms with Gasteiger partial charge < -0.3 is 9.88 Å². The van der Waals surface area contributed by atoms with Crippen LogP contribution in [0.1, 0.15) is 26.0 Å². The van der Waals surface area contributed by atoms with Crippen molar-refractivity contribution >= 4 is 11.8 Å². The zero-order chi connectivity index (χ0) is 11.8. The van der Waals surface area contributed by atoms with Gasteiger partial charge in [0.2, 0.25) is 0 Å². The summed E-state index contributed by atoms with van der Waals surface area (Å²) < 4.78 is 2.17. The average molecular weight is 240 g/mol. The summed E-state index contributed by atoms with van der Waals surface area (Å²) in [7, 11) is 2.09. The highest BCUT2D eigenvalue weighted by molar-refractivity contribution is 7.99. The third kappa shape index (κ3) is 5.61. The molecule has 2 nitrogen and oxygen atoms in total. The molecule has 1 heterocycles. The molecule has 0 aromatic carbocycles. The fourth-order valence-corrected chi connectivity index (χ4v) is 2.50. The van der Waals surface area contributed by atoms with Crippen LogP contribution >= 0.6 is 11.8 Å². The van der Waals surface area contributed by atoms with Crippen molar-refractivity contribution in [3.05, 3.63) is 24.0 Å². The molecule has 1 aromatic heterocycles.